The number of sulfonamides is 1. The van der Waals surface area contributed by atoms with Crippen molar-refractivity contribution >= 4 is 33.8 Å². The molecule has 224 valence electrons. The minimum atomic E-state index is -3.84. The van der Waals surface area contributed by atoms with Crippen molar-refractivity contribution in [3.05, 3.63) is 75.2 Å². The summed E-state index contributed by atoms with van der Waals surface area (Å²) in [5.74, 6) is 0.201. The van der Waals surface area contributed by atoms with Gasteiger partial charge in [0.1, 0.15) is 5.69 Å². The molecule has 0 atom stereocenters. The van der Waals surface area contributed by atoms with Crippen LogP contribution in [0.2, 0.25) is 0 Å². The van der Waals surface area contributed by atoms with E-state index in [-0.39, 0.29) is 22.5 Å². The van der Waals surface area contributed by atoms with Gasteiger partial charge in [-0.15, -0.1) is 0 Å². The Bertz CT molecular complexity index is 1590. The molecule has 42 heavy (non-hydrogen) atoms. The molecule has 0 spiro atoms. The van der Waals surface area contributed by atoms with Crippen LogP contribution >= 0.6 is 0 Å². The molecule has 0 unspecified atom stereocenters. The first-order chi connectivity index (χ1) is 20.0. The van der Waals surface area contributed by atoms with E-state index in [9.17, 15) is 13.2 Å². The highest BCUT2D eigenvalue weighted by atomic mass is 32.2. The van der Waals surface area contributed by atoms with Gasteiger partial charge in [0.15, 0.2) is 10.7 Å². The van der Waals surface area contributed by atoms with Gasteiger partial charge in [0.25, 0.3) is 0 Å². The van der Waals surface area contributed by atoms with Crippen molar-refractivity contribution in [3.63, 3.8) is 0 Å². The fraction of sp³-hybridized carbons (Fsp3) is 0.455. The molecular formula is C33H42N4O4S. The highest BCUT2D eigenvalue weighted by molar-refractivity contribution is 7.89. The van der Waals surface area contributed by atoms with E-state index in [4.69, 9.17) is 4.52 Å². The van der Waals surface area contributed by atoms with Crippen LogP contribution in [0.25, 0.3) is 12.2 Å². The van der Waals surface area contributed by atoms with Crippen LogP contribution in [0.1, 0.15) is 57.7 Å². The molecule has 0 bridgehead atoms. The lowest BCUT2D eigenvalue weighted by atomic mass is 9.96. The van der Waals surface area contributed by atoms with Gasteiger partial charge in [-0.25, -0.2) is 8.42 Å². The maximum Gasteiger partial charge on any atom is 0.248 e. The number of rotatable bonds is 6. The number of aryl methyl sites for hydroxylation is 5. The van der Waals surface area contributed by atoms with Crippen molar-refractivity contribution in [2.75, 3.05) is 44.2 Å². The largest absolute Gasteiger partial charge is 0.368 e. The molecule has 1 aromatic heterocycles. The highest BCUT2D eigenvalue weighted by Crippen LogP contribution is 2.31. The summed E-state index contributed by atoms with van der Waals surface area (Å²) in [5, 5.41) is 3.99. The second kappa shape index (κ2) is 12.1. The van der Waals surface area contributed by atoms with Gasteiger partial charge in [-0.1, -0.05) is 41.1 Å². The maximum atomic E-state index is 13.8. The molecular weight excluding hydrogens is 548 g/mol. The Morgan fingerprint density at radius 3 is 2.17 bits per heavy atom. The van der Waals surface area contributed by atoms with E-state index in [1.54, 1.807) is 13.0 Å². The van der Waals surface area contributed by atoms with Crippen molar-refractivity contribution in [1.29, 1.82) is 0 Å². The van der Waals surface area contributed by atoms with E-state index in [0.29, 0.717) is 44.7 Å². The maximum absolute atomic E-state index is 13.8. The SMILES string of the molecule is Cc1cc(C)c(/C=C/c2onc(C)c2S(=O)(=O)N2CCC(C(=O)N3CCN(c4cccc(C)c4C)CC3)CC2)c(C)c1. The Balaban J connectivity index is 1.22. The molecule has 8 nitrogen and oxygen atoms in total. The van der Waals surface area contributed by atoms with E-state index in [1.165, 1.54) is 26.7 Å². The Labute approximate surface area is 250 Å². The number of piperazine rings is 1. The summed E-state index contributed by atoms with van der Waals surface area (Å²) in [4.78, 5) is 17.8. The lowest BCUT2D eigenvalue weighted by Gasteiger charge is -2.39. The van der Waals surface area contributed by atoms with Gasteiger partial charge in [0.2, 0.25) is 15.9 Å². The third-order valence-electron chi connectivity index (χ3n) is 8.88. The van der Waals surface area contributed by atoms with E-state index in [1.807, 2.05) is 24.8 Å². The standard InChI is InChI=1S/C33H42N4O4S/c1-22-20-24(3)29(25(4)21-22)10-11-31-32(27(6)34-41-31)42(39,40)37-14-12-28(13-15-37)33(38)36-18-16-35(17-19-36)30-9-7-8-23(2)26(30)5/h7-11,20-21,28H,12-19H2,1-6H3/b11-10+. The predicted octanol–water partition coefficient (Wildman–Crippen LogP) is 5.45. The molecule has 2 aliphatic heterocycles. The number of carbonyl (C=O) groups excluding carboxylic acids is 1. The van der Waals surface area contributed by atoms with E-state index >= 15 is 0 Å². The van der Waals surface area contributed by atoms with Crippen molar-refractivity contribution < 1.29 is 17.7 Å². The minimum Gasteiger partial charge on any atom is -0.368 e. The van der Waals surface area contributed by atoms with Gasteiger partial charge in [-0.3, -0.25) is 4.79 Å². The fourth-order valence-corrected chi connectivity index (χ4v) is 8.11. The van der Waals surface area contributed by atoms with Crippen LogP contribution in [-0.4, -0.2) is 68.0 Å². The lowest BCUT2D eigenvalue weighted by molar-refractivity contribution is -0.137. The van der Waals surface area contributed by atoms with E-state index in [0.717, 1.165) is 29.8 Å². The topological polar surface area (TPSA) is 87.0 Å². The molecule has 2 fully saturated rings. The molecule has 9 heteroatoms. The third kappa shape index (κ3) is 5.90. The molecule has 3 heterocycles. The first-order valence-electron chi connectivity index (χ1n) is 14.8. The second-order valence-electron chi connectivity index (χ2n) is 11.8. The van der Waals surface area contributed by atoms with Crippen LogP contribution in [0, 0.1) is 47.5 Å². The van der Waals surface area contributed by atoms with Crippen molar-refractivity contribution in [1.82, 2.24) is 14.4 Å². The number of nitrogens with zero attached hydrogens (tertiary/aromatic N) is 4. The van der Waals surface area contributed by atoms with Crippen LogP contribution in [0.15, 0.2) is 39.8 Å². The Kier molecular flexibility index (Phi) is 8.62. The molecule has 5 rings (SSSR count). The summed E-state index contributed by atoms with van der Waals surface area (Å²) < 4.78 is 34.5. The van der Waals surface area contributed by atoms with Crippen LogP contribution in [0.3, 0.4) is 0 Å². The van der Waals surface area contributed by atoms with Gasteiger partial charge in [0, 0.05) is 50.9 Å². The molecule has 0 N–H and O–H groups in total. The number of hydrogen-bond donors (Lipinski definition) is 0. The van der Waals surface area contributed by atoms with Crippen LogP contribution in [-0.2, 0) is 14.8 Å². The number of carbonyl (C=O) groups is 1. The minimum absolute atomic E-state index is 0.105. The lowest BCUT2D eigenvalue weighted by Crippen LogP contribution is -2.52. The molecule has 0 saturated carbocycles. The number of anilines is 1. The monoisotopic (exact) mass is 590 g/mol. The van der Waals surface area contributed by atoms with Crippen molar-refractivity contribution in [2.45, 2.75) is 59.3 Å². The normalized spacial score (nSPS) is 17.4. The Morgan fingerprint density at radius 2 is 1.52 bits per heavy atom. The molecule has 0 aliphatic carbocycles. The Morgan fingerprint density at radius 1 is 0.881 bits per heavy atom. The average molecular weight is 591 g/mol. The molecule has 3 aromatic rings. The first kappa shape index (κ1) is 30.0. The zero-order valence-corrected chi connectivity index (χ0v) is 26.4. The smallest absolute Gasteiger partial charge is 0.248 e. The molecule has 0 radical (unpaired) electrons. The van der Waals surface area contributed by atoms with Crippen LogP contribution in [0.4, 0.5) is 5.69 Å². The number of aromatic nitrogens is 1. The summed E-state index contributed by atoms with van der Waals surface area (Å²) in [6.45, 7) is 15.6. The zero-order valence-electron chi connectivity index (χ0n) is 25.6. The molecule has 2 saturated heterocycles. The summed E-state index contributed by atoms with van der Waals surface area (Å²) >= 11 is 0. The van der Waals surface area contributed by atoms with Crippen molar-refractivity contribution in [2.24, 2.45) is 5.92 Å². The Hall–Kier alpha value is -3.43. The summed E-state index contributed by atoms with van der Waals surface area (Å²) in [7, 11) is -3.84. The molecule has 2 aromatic carbocycles. The van der Waals surface area contributed by atoms with E-state index < -0.39 is 10.0 Å². The first-order valence-corrected chi connectivity index (χ1v) is 16.2. The van der Waals surface area contributed by atoms with Crippen molar-refractivity contribution in [3.8, 4) is 0 Å². The van der Waals surface area contributed by atoms with E-state index in [2.05, 4.69) is 61.2 Å². The quantitative estimate of drug-likeness (QED) is 0.380. The number of hydrogen-bond acceptors (Lipinski definition) is 6. The van der Waals surface area contributed by atoms with Gasteiger partial charge in [-0.2, -0.15) is 4.31 Å². The number of piperidine rings is 1. The second-order valence-corrected chi connectivity index (χ2v) is 13.7. The molecule has 1 amide bonds. The summed E-state index contributed by atoms with van der Waals surface area (Å²) in [6, 6.07) is 10.6. The highest BCUT2D eigenvalue weighted by Gasteiger charge is 2.37. The van der Waals surface area contributed by atoms with Gasteiger partial charge in [0.05, 0.1) is 0 Å². The predicted molar refractivity (Wildman–Crippen MR) is 167 cm³/mol. The summed E-state index contributed by atoms with van der Waals surface area (Å²) in [6.07, 6.45) is 4.61. The number of benzene rings is 2. The fourth-order valence-electron chi connectivity index (χ4n) is 6.39. The average Bonchev–Trinajstić information content (AvgIpc) is 3.34. The third-order valence-corrected chi connectivity index (χ3v) is 10.9. The number of amides is 1. The van der Waals surface area contributed by atoms with Gasteiger partial charge in [-0.05, 0) is 94.3 Å². The summed E-state index contributed by atoms with van der Waals surface area (Å²) in [5.41, 5.74) is 8.58. The van der Waals surface area contributed by atoms with Crippen LogP contribution < -0.4 is 4.90 Å². The van der Waals surface area contributed by atoms with Crippen LogP contribution in [0.5, 0.6) is 0 Å². The van der Waals surface area contributed by atoms with Gasteiger partial charge < -0.3 is 14.3 Å². The zero-order chi connectivity index (χ0) is 30.2. The molecule has 2 aliphatic rings. The van der Waals surface area contributed by atoms with Gasteiger partial charge >= 0.3 is 0 Å².